The molecule has 1 unspecified atom stereocenters. The van der Waals surface area contributed by atoms with Crippen LogP contribution in [0.4, 0.5) is 0 Å². The highest BCUT2D eigenvalue weighted by Gasteiger charge is 2.30. The van der Waals surface area contributed by atoms with E-state index in [-0.39, 0.29) is 0 Å². The van der Waals surface area contributed by atoms with E-state index in [0.717, 1.165) is 18.9 Å². The number of hydrogen-bond acceptors (Lipinski definition) is 2. The van der Waals surface area contributed by atoms with Crippen LogP contribution in [0.15, 0.2) is 12.4 Å². The van der Waals surface area contributed by atoms with Gasteiger partial charge in [0.05, 0.1) is 6.20 Å². The molecule has 1 aromatic heterocycles. The standard InChI is InChI=1S/C18H33N3/c1-5-12-19-17(7-6-15-13-20-21(4)14-15)16-8-10-18(2,3)11-9-16/h13-14,16-17,19H,5-12H2,1-4H3. The average Bonchev–Trinajstić information content (AvgIpc) is 2.85. The number of rotatable bonds is 7. The molecular formula is C18H33N3. The lowest BCUT2D eigenvalue weighted by Crippen LogP contribution is -2.40. The maximum absolute atomic E-state index is 4.28. The van der Waals surface area contributed by atoms with Crippen molar-refractivity contribution in [1.82, 2.24) is 15.1 Å². The van der Waals surface area contributed by atoms with Crippen molar-refractivity contribution in [2.75, 3.05) is 6.54 Å². The summed E-state index contributed by atoms with van der Waals surface area (Å²) in [6.07, 6.45) is 13.3. The second-order valence-corrected chi connectivity index (χ2v) is 7.62. The van der Waals surface area contributed by atoms with Crippen LogP contribution in [0.5, 0.6) is 0 Å². The second kappa shape index (κ2) is 7.44. The molecule has 2 rings (SSSR count). The van der Waals surface area contributed by atoms with Crippen molar-refractivity contribution in [3.8, 4) is 0 Å². The summed E-state index contributed by atoms with van der Waals surface area (Å²) < 4.78 is 1.91. The number of aryl methyl sites for hydroxylation is 2. The van der Waals surface area contributed by atoms with E-state index >= 15 is 0 Å². The van der Waals surface area contributed by atoms with Crippen LogP contribution >= 0.6 is 0 Å². The summed E-state index contributed by atoms with van der Waals surface area (Å²) in [7, 11) is 2.00. The first-order valence-electron chi connectivity index (χ1n) is 8.71. The number of aromatic nitrogens is 2. The molecule has 0 aromatic carbocycles. The Kier molecular flexibility index (Phi) is 5.86. The zero-order valence-electron chi connectivity index (χ0n) is 14.4. The molecule has 1 aliphatic carbocycles. The van der Waals surface area contributed by atoms with Gasteiger partial charge in [0, 0.05) is 19.3 Å². The molecule has 1 fully saturated rings. The van der Waals surface area contributed by atoms with E-state index in [1.54, 1.807) is 0 Å². The Labute approximate surface area is 130 Å². The molecular weight excluding hydrogens is 258 g/mol. The van der Waals surface area contributed by atoms with Gasteiger partial charge in [0.1, 0.15) is 0 Å². The van der Waals surface area contributed by atoms with Crippen LogP contribution in [-0.2, 0) is 13.5 Å². The molecule has 0 aliphatic heterocycles. The van der Waals surface area contributed by atoms with E-state index in [0.29, 0.717) is 11.5 Å². The van der Waals surface area contributed by atoms with Gasteiger partial charge in [-0.1, -0.05) is 20.8 Å². The van der Waals surface area contributed by atoms with Gasteiger partial charge in [0.25, 0.3) is 0 Å². The third kappa shape index (κ3) is 5.14. The average molecular weight is 291 g/mol. The van der Waals surface area contributed by atoms with Crippen LogP contribution in [0.25, 0.3) is 0 Å². The van der Waals surface area contributed by atoms with Gasteiger partial charge >= 0.3 is 0 Å². The van der Waals surface area contributed by atoms with Gasteiger partial charge in [0.15, 0.2) is 0 Å². The van der Waals surface area contributed by atoms with Crippen molar-refractivity contribution < 1.29 is 0 Å². The lowest BCUT2D eigenvalue weighted by atomic mass is 9.70. The summed E-state index contributed by atoms with van der Waals surface area (Å²) in [6.45, 7) is 8.26. The molecule has 1 aliphatic rings. The first-order chi connectivity index (χ1) is 10.00. The topological polar surface area (TPSA) is 29.9 Å². The molecule has 0 radical (unpaired) electrons. The summed E-state index contributed by atoms with van der Waals surface area (Å²) in [5, 5.41) is 8.10. The van der Waals surface area contributed by atoms with Crippen LogP contribution in [0.2, 0.25) is 0 Å². The van der Waals surface area contributed by atoms with Gasteiger partial charge in [0.2, 0.25) is 0 Å². The molecule has 0 saturated heterocycles. The molecule has 1 N–H and O–H groups in total. The van der Waals surface area contributed by atoms with Crippen LogP contribution in [0.3, 0.4) is 0 Å². The smallest absolute Gasteiger partial charge is 0.0521 e. The number of hydrogen-bond donors (Lipinski definition) is 1. The summed E-state index contributed by atoms with van der Waals surface area (Å²) in [4.78, 5) is 0. The molecule has 0 amide bonds. The van der Waals surface area contributed by atoms with Gasteiger partial charge in [-0.3, -0.25) is 4.68 Å². The number of nitrogens with one attached hydrogen (secondary N) is 1. The molecule has 1 saturated carbocycles. The van der Waals surface area contributed by atoms with Crippen LogP contribution < -0.4 is 5.32 Å². The van der Waals surface area contributed by atoms with E-state index in [4.69, 9.17) is 0 Å². The first kappa shape index (κ1) is 16.5. The fraction of sp³-hybridized carbons (Fsp3) is 0.833. The summed E-state index contributed by atoms with van der Waals surface area (Å²) >= 11 is 0. The molecule has 1 heterocycles. The van der Waals surface area contributed by atoms with Crippen molar-refractivity contribution >= 4 is 0 Å². The Morgan fingerprint density at radius 3 is 2.67 bits per heavy atom. The lowest BCUT2D eigenvalue weighted by molar-refractivity contribution is 0.157. The largest absolute Gasteiger partial charge is 0.314 e. The number of nitrogens with zero attached hydrogens (tertiary/aromatic N) is 2. The van der Waals surface area contributed by atoms with E-state index in [2.05, 4.69) is 37.4 Å². The zero-order chi connectivity index (χ0) is 15.3. The maximum atomic E-state index is 4.28. The zero-order valence-corrected chi connectivity index (χ0v) is 14.4. The Morgan fingerprint density at radius 2 is 2.10 bits per heavy atom. The highest BCUT2D eigenvalue weighted by Crippen LogP contribution is 2.39. The van der Waals surface area contributed by atoms with E-state index in [9.17, 15) is 0 Å². The minimum atomic E-state index is 0.565. The molecule has 21 heavy (non-hydrogen) atoms. The summed E-state index contributed by atoms with van der Waals surface area (Å²) in [5.41, 5.74) is 1.94. The van der Waals surface area contributed by atoms with E-state index in [1.807, 2.05) is 17.9 Å². The van der Waals surface area contributed by atoms with Gasteiger partial charge < -0.3 is 5.32 Å². The minimum absolute atomic E-state index is 0.565. The van der Waals surface area contributed by atoms with Crippen LogP contribution in [0, 0.1) is 11.3 Å². The van der Waals surface area contributed by atoms with Crippen molar-refractivity contribution in [3.63, 3.8) is 0 Å². The fourth-order valence-electron chi connectivity index (χ4n) is 3.58. The van der Waals surface area contributed by atoms with Gasteiger partial charge in [-0.2, -0.15) is 5.10 Å². The normalized spacial score (nSPS) is 20.6. The molecule has 3 heteroatoms. The Bertz CT molecular complexity index is 412. The molecule has 120 valence electrons. The van der Waals surface area contributed by atoms with Gasteiger partial charge in [-0.05, 0) is 68.4 Å². The summed E-state index contributed by atoms with van der Waals surface area (Å²) in [6, 6.07) is 0.682. The monoisotopic (exact) mass is 291 g/mol. The first-order valence-corrected chi connectivity index (χ1v) is 8.71. The van der Waals surface area contributed by atoms with Crippen LogP contribution in [-0.4, -0.2) is 22.4 Å². The predicted molar refractivity (Wildman–Crippen MR) is 89.3 cm³/mol. The van der Waals surface area contributed by atoms with Gasteiger partial charge in [-0.15, -0.1) is 0 Å². The summed E-state index contributed by atoms with van der Waals surface area (Å²) in [5.74, 6) is 0.862. The quantitative estimate of drug-likeness (QED) is 0.824. The third-order valence-corrected chi connectivity index (χ3v) is 5.11. The molecule has 1 atom stereocenters. The molecule has 0 bridgehead atoms. The fourth-order valence-corrected chi connectivity index (χ4v) is 3.58. The Hall–Kier alpha value is -0.830. The highest BCUT2D eigenvalue weighted by molar-refractivity contribution is 5.04. The van der Waals surface area contributed by atoms with Crippen molar-refractivity contribution in [2.45, 2.75) is 71.8 Å². The minimum Gasteiger partial charge on any atom is -0.314 e. The van der Waals surface area contributed by atoms with Crippen molar-refractivity contribution in [2.24, 2.45) is 18.4 Å². The van der Waals surface area contributed by atoms with Crippen molar-refractivity contribution in [1.29, 1.82) is 0 Å². The van der Waals surface area contributed by atoms with Gasteiger partial charge in [-0.25, -0.2) is 0 Å². The van der Waals surface area contributed by atoms with E-state index in [1.165, 1.54) is 44.1 Å². The maximum Gasteiger partial charge on any atom is 0.0521 e. The SMILES string of the molecule is CCCNC(CCc1cnn(C)c1)C1CCC(C)(C)CC1. The highest BCUT2D eigenvalue weighted by atomic mass is 15.2. The van der Waals surface area contributed by atoms with Crippen molar-refractivity contribution in [3.05, 3.63) is 18.0 Å². The second-order valence-electron chi connectivity index (χ2n) is 7.62. The molecule has 3 nitrogen and oxygen atoms in total. The third-order valence-electron chi connectivity index (χ3n) is 5.11. The predicted octanol–water partition coefficient (Wildman–Crippen LogP) is 3.94. The molecule has 0 spiro atoms. The lowest BCUT2D eigenvalue weighted by Gasteiger charge is -2.38. The molecule has 1 aromatic rings. The Balaban J connectivity index is 1.88. The Morgan fingerprint density at radius 1 is 1.38 bits per heavy atom. The van der Waals surface area contributed by atoms with Crippen LogP contribution in [0.1, 0.15) is 64.9 Å². The van der Waals surface area contributed by atoms with E-state index < -0.39 is 0 Å².